The van der Waals surface area contributed by atoms with E-state index in [4.69, 9.17) is 4.74 Å². The third kappa shape index (κ3) is 2.42. The number of hydrogen-bond donors (Lipinski definition) is 0. The van der Waals surface area contributed by atoms with Crippen molar-refractivity contribution in [3.63, 3.8) is 0 Å². The molecule has 0 bridgehead atoms. The Labute approximate surface area is 73.7 Å². The molecule has 0 N–H and O–H groups in total. The van der Waals surface area contributed by atoms with Crippen LogP contribution < -0.4 is 4.74 Å². The summed E-state index contributed by atoms with van der Waals surface area (Å²) in [6, 6.07) is 8.12. The zero-order chi connectivity index (χ0) is 8.81. The van der Waals surface area contributed by atoms with Gasteiger partial charge in [0.15, 0.2) is 0 Å². The summed E-state index contributed by atoms with van der Waals surface area (Å²) in [5.74, 6) is 0.928. The van der Waals surface area contributed by atoms with Gasteiger partial charge in [0.1, 0.15) is 5.75 Å². The van der Waals surface area contributed by atoms with Crippen molar-refractivity contribution in [2.45, 2.75) is 13.3 Å². The van der Waals surface area contributed by atoms with Crippen molar-refractivity contribution in [3.05, 3.63) is 42.0 Å². The first-order chi connectivity index (χ1) is 5.86. The normalized spacial score (nSPS) is 10.5. The summed E-state index contributed by atoms with van der Waals surface area (Å²) < 4.78 is 5.11. The van der Waals surface area contributed by atoms with Gasteiger partial charge < -0.3 is 4.74 Å². The molecule has 1 nitrogen and oxygen atoms in total. The van der Waals surface area contributed by atoms with Crippen molar-refractivity contribution in [3.8, 4) is 5.75 Å². The molecule has 12 heavy (non-hydrogen) atoms. The molecule has 0 radical (unpaired) electrons. The second-order valence-corrected chi connectivity index (χ2v) is 2.62. The highest BCUT2D eigenvalue weighted by Crippen LogP contribution is 2.12. The van der Waals surface area contributed by atoms with Crippen molar-refractivity contribution < 1.29 is 4.74 Å². The maximum absolute atomic E-state index is 5.11. The van der Waals surface area contributed by atoms with E-state index in [9.17, 15) is 0 Å². The molecular weight excluding hydrogens is 148 g/mol. The van der Waals surface area contributed by atoms with E-state index in [0.717, 1.165) is 12.2 Å². The monoisotopic (exact) mass is 162 g/mol. The third-order valence-corrected chi connectivity index (χ3v) is 1.72. The fourth-order valence-electron chi connectivity index (χ4n) is 1.05. The fraction of sp³-hybridized carbons (Fsp3) is 0.273. The van der Waals surface area contributed by atoms with Gasteiger partial charge in [-0.2, -0.15) is 0 Å². The Bertz CT molecular complexity index is 263. The van der Waals surface area contributed by atoms with Crippen LogP contribution in [0.3, 0.4) is 0 Å². The van der Waals surface area contributed by atoms with Crippen molar-refractivity contribution in [1.82, 2.24) is 0 Å². The molecule has 0 amide bonds. The molecule has 0 aliphatic heterocycles. The van der Waals surface area contributed by atoms with Gasteiger partial charge in [0.05, 0.1) is 7.11 Å². The number of rotatable bonds is 3. The summed E-state index contributed by atoms with van der Waals surface area (Å²) in [7, 11) is 1.69. The van der Waals surface area contributed by atoms with Gasteiger partial charge in [-0.3, -0.25) is 0 Å². The van der Waals surface area contributed by atoms with Crippen LogP contribution in [0.5, 0.6) is 5.75 Å². The van der Waals surface area contributed by atoms with Crippen molar-refractivity contribution in [2.24, 2.45) is 0 Å². The van der Waals surface area contributed by atoms with E-state index in [2.05, 4.69) is 24.3 Å². The van der Waals surface area contributed by atoms with Gasteiger partial charge in [-0.25, -0.2) is 0 Å². The highest BCUT2D eigenvalue weighted by Gasteiger charge is 1.91. The van der Waals surface area contributed by atoms with Gasteiger partial charge >= 0.3 is 0 Å². The SMILES string of the molecule is C/C=C/Cc1cccc(OC)c1. The Morgan fingerprint density at radius 1 is 1.42 bits per heavy atom. The molecule has 0 aliphatic carbocycles. The van der Waals surface area contributed by atoms with Crippen molar-refractivity contribution in [2.75, 3.05) is 7.11 Å². The van der Waals surface area contributed by atoms with Gasteiger partial charge in [0.25, 0.3) is 0 Å². The summed E-state index contributed by atoms with van der Waals surface area (Å²) in [4.78, 5) is 0. The highest BCUT2D eigenvalue weighted by molar-refractivity contribution is 5.29. The standard InChI is InChI=1S/C11H14O/c1-3-4-6-10-7-5-8-11(9-10)12-2/h3-5,7-9H,6H2,1-2H3/b4-3+. The van der Waals surface area contributed by atoms with E-state index in [-0.39, 0.29) is 0 Å². The molecule has 1 aromatic carbocycles. The smallest absolute Gasteiger partial charge is 0.119 e. The van der Waals surface area contributed by atoms with E-state index in [1.165, 1.54) is 5.56 Å². The number of ether oxygens (including phenoxy) is 1. The summed E-state index contributed by atoms with van der Waals surface area (Å²) >= 11 is 0. The van der Waals surface area contributed by atoms with Crippen molar-refractivity contribution >= 4 is 0 Å². The number of hydrogen-bond acceptors (Lipinski definition) is 1. The molecule has 0 saturated carbocycles. The summed E-state index contributed by atoms with van der Waals surface area (Å²) in [5.41, 5.74) is 1.28. The second kappa shape index (κ2) is 4.60. The molecule has 0 fully saturated rings. The Hall–Kier alpha value is -1.24. The minimum Gasteiger partial charge on any atom is -0.497 e. The molecule has 0 aromatic heterocycles. The first-order valence-corrected chi connectivity index (χ1v) is 4.11. The molecule has 64 valence electrons. The van der Waals surface area contributed by atoms with Crippen LogP contribution in [-0.4, -0.2) is 7.11 Å². The maximum atomic E-state index is 5.11. The Morgan fingerprint density at radius 3 is 2.92 bits per heavy atom. The minimum atomic E-state index is 0.928. The maximum Gasteiger partial charge on any atom is 0.119 e. The van der Waals surface area contributed by atoms with Crippen LogP contribution in [0.15, 0.2) is 36.4 Å². The number of allylic oxidation sites excluding steroid dienone is 2. The molecule has 1 rings (SSSR count). The van der Waals surface area contributed by atoms with E-state index in [1.807, 2.05) is 19.1 Å². The molecule has 1 aromatic rings. The van der Waals surface area contributed by atoms with Crippen LogP contribution in [0, 0.1) is 0 Å². The lowest BCUT2D eigenvalue weighted by atomic mass is 10.1. The van der Waals surface area contributed by atoms with Crippen molar-refractivity contribution in [1.29, 1.82) is 0 Å². The number of methoxy groups -OCH3 is 1. The first kappa shape index (κ1) is 8.85. The van der Waals surface area contributed by atoms with Gasteiger partial charge in [-0.1, -0.05) is 24.3 Å². The van der Waals surface area contributed by atoms with Gasteiger partial charge in [0, 0.05) is 0 Å². The van der Waals surface area contributed by atoms with Crippen LogP contribution >= 0.6 is 0 Å². The van der Waals surface area contributed by atoms with E-state index in [1.54, 1.807) is 7.11 Å². The van der Waals surface area contributed by atoms with Gasteiger partial charge in [0.2, 0.25) is 0 Å². The fourth-order valence-corrected chi connectivity index (χ4v) is 1.05. The van der Waals surface area contributed by atoms with Crippen LogP contribution in [0.25, 0.3) is 0 Å². The Morgan fingerprint density at radius 2 is 2.25 bits per heavy atom. The summed E-state index contributed by atoms with van der Waals surface area (Å²) in [5, 5.41) is 0. The average Bonchev–Trinajstić information content (AvgIpc) is 2.15. The lowest BCUT2D eigenvalue weighted by molar-refractivity contribution is 0.414. The zero-order valence-corrected chi connectivity index (χ0v) is 7.58. The van der Waals surface area contributed by atoms with Crippen LogP contribution in [0.2, 0.25) is 0 Å². The molecule has 0 aliphatic rings. The minimum absolute atomic E-state index is 0.928. The molecule has 1 heteroatoms. The topological polar surface area (TPSA) is 9.23 Å². The average molecular weight is 162 g/mol. The van der Waals surface area contributed by atoms with Crippen LogP contribution in [0.1, 0.15) is 12.5 Å². The molecule has 0 atom stereocenters. The summed E-state index contributed by atoms with van der Waals surface area (Å²) in [6.45, 7) is 2.03. The molecule has 0 saturated heterocycles. The largest absolute Gasteiger partial charge is 0.497 e. The highest BCUT2D eigenvalue weighted by atomic mass is 16.5. The lowest BCUT2D eigenvalue weighted by Gasteiger charge is -2.00. The van der Waals surface area contributed by atoms with E-state index in [0.29, 0.717) is 0 Å². The predicted octanol–water partition coefficient (Wildman–Crippen LogP) is 2.81. The second-order valence-electron chi connectivity index (χ2n) is 2.62. The van der Waals surface area contributed by atoms with Crippen LogP contribution in [0.4, 0.5) is 0 Å². The summed E-state index contributed by atoms with van der Waals surface area (Å²) in [6.07, 6.45) is 5.17. The van der Waals surface area contributed by atoms with Gasteiger partial charge in [-0.05, 0) is 31.0 Å². The Balaban J connectivity index is 2.72. The molecular formula is C11H14O. The molecule has 0 heterocycles. The molecule has 0 spiro atoms. The van der Waals surface area contributed by atoms with Crippen LogP contribution in [-0.2, 0) is 6.42 Å². The van der Waals surface area contributed by atoms with E-state index < -0.39 is 0 Å². The Kier molecular flexibility index (Phi) is 3.39. The number of benzene rings is 1. The lowest BCUT2D eigenvalue weighted by Crippen LogP contribution is -1.85. The quantitative estimate of drug-likeness (QED) is 0.621. The third-order valence-electron chi connectivity index (χ3n) is 1.72. The predicted molar refractivity (Wildman–Crippen MR) is 51.5 cm³/mol. The van der Waals surface area contributed by atoms with Gasteiger partial charge in [-0.15, -0.1) is 0 Å². The van der Waals surface area contributed by atoms with E-state index >= 15 is 0 Å². The molecule has 0 unspecified atom stereocenters. The first-order valence-electron chi connectivity index (χ1n) is 4.11. The zero-order valence-electron chi connectivity index (χ0n) is 7.58.